The lowest BCUT2D eigenvalue weighted by Gasteiger charge is -2.34. The van der Waals surface area contributed by atoms with Gasteiger partial charge >= 0.3 is 5.97 Å². The molecule has 0 saturated carbocycles. The van der Waals surface area contributed by atoms with Gasteiger partial charge in [-0.1, -0.05) is 51.8 Å². The number of hydrogen-bond donors (Lipinski definition) is 1. The lowest BCUT2D eigenvalue weighted by molar-refractivity contribution is -0.134. The molecule has 1 aliphatic heterocycles. The Bertz CT molecular complexity index is 979. The van der Waals surface area contributed by atoms with Gasteiger partial charge in [-0.3, -0.25) is 0 Å². The van der Waals surface area contributed by atoms with Gasteiger partial charge in [0.25, 0.3) is 0 Å². The van der Waals surface area contributed by atoms with Crippen molar-refractivity contribution >= 4 is 40.9 Å². The van der Waals surface area contributed by atoms with Crippen LogP contribution in [0.4, 0.5) is 15.8 Å². The zero-order valence-electron chi connectivity index (χ0n) is 18.9. The Balaban J connectivity index is 2.11. The first kappa shape index (κ1) is 24.5. The minimum absolute atomic E-state index is 0.0201. The molecule has 0 radical (unpaired) electrons. The number of benzene rings is 2. The van der Waals surface area contributed by atoms with Crippen LogP contribution in [-0.4, -0.2) is 28.6 Å². The second kappa shape index (κ2) is 10.7. The molecule has 2 aromatic carbocycles. The third-order valence-electron chi connectivity index (χ3n) is 5.76. The highest BCUT2D eigenvalue weighted by molar-refractivity contribution is 8.01. The van der Waals surface area contributed by atoms with Crippen molar-refractivity contribution in [3.8, 4) is 5.75 Å². The molecular formula is C25H30FNO3S2. The summed E-state index contributed by atoms with van der Waals surface area (Å²) in [5.41, 5.74) is 2.22. The predicted octanol–water partition coefficient (Wildman–Crippen LogP) is 7.51. The summed E-state index contributed by atoms with van der Waals surface area (Å²) in [6.45, 7) is 7.68. The molecule has 1 unspecified atom stereocenters. The molecule has 1 aliphatic rings. The van der Waals surface area contributed by atoms with Crippen molar-refractivity contribution < 1.29 is 19.0 Å². The topological polar surface area (TPSA) is 49.8 Å². The number of carboxylic acids is 1. The Morgan fingerprint density at radius 3 is 2.69 bits per heavy atom. The molecule has 2 aromatic rings. The smallest absolute Gasteiger partial charge is 0.368 e. The molecular weight excluding hydrogens is 445 g/mol. The first-order chi connectivity index (χ1) is 15.3. The van der Waals surface area contributed by atoms with Crippen molar-refractivity contribution in [3.05, 3.63) is 54.6 Å². The molecule has 32 heavy (non-hydrogen) atoms. The van der Waals surface area contributed by atoms with E-state index in [1.807, 2.05) is 30.5 Å². The van der Waals surface area contributed by atoms with E-state index in [9.17, 15) is 9.18 Å². The van der Waals surface area contributed by atoms with Gasteiger partial charge in [0, 0.05) is 21.9 Å². The highest BCUT2D eigenvalue weighted by Crippen LogP contribution is 2.52. The van der Waals surface area contributed by atoms with Gasteiger partial charge in [-0.2, -0.15) is 4.39 Å². The molecule has 0 fully saturated rings. The van der Waals surface area contributed by atoms with Crippen molar-refractivity contribution in [2.75, 3.05) is 17.7 Å². The fourth-order valence-electron chi connectivity index (χ4n) is 3.89. The monoisotopic (exact) mass is 475 g/mol. The number of thioether (sulfide) groups is 2. The van der Waals surface area contributed by atoms with E-state index in [1.54, 1.807) is 11.8 Å². The number of aliphatic carboxylic acids is 1. The standard InChI is InChI=1S/C25H30FNO3S2/c1-5-6-10-17-15-27(18-11-8-7-9-12-18)20-13-23(31-4)21(30-16-19(26)24(28)29)14-22(20)32-25(17,2)3/h7-9,11-14,16-17H,5-6,10,15H2,1-4H3,(H,28,29)/b19-16-. The number of ether oxygens (including phenoxy) is 1. The van der Waals surface area contributed by atoms with Crippen LogP contribution in [0.2, 0.25) is 0 Å². The number of halogens is 1. The molecule has 0 aliphatic carbocycles. The van der Waals surface area contributed by atoms with Gasteiger partial charge in [0.15, 0.2) is 0 Å². The number of fused-ring (bicyclic) bond motifs is 1. The van der Waals surface area contributed by atoms with Crippen LogP contribution in [0, 0.1) is 5.92 Å². The zero-order valence-corrected chi connectivity index (χ0v) is 20.6. The Morgan fingerprint density at radius 2 is 2.06 bits per heavy atom. The summed E-state index contributed by atoms with van der Waals surface area (Å²) in [4.78, 5) is 15.1. The third kappa shape index (κ3) is 5.62. The Hall–Kier alpha value is -2.12. The van der Waals surface area contributed by atoms with Gasteiger partial charge in [0.05, 0.1) is 10.6 Å². The van der Waals surface area contributed by atoms with E-state index >= 15 is 0 Å². The molecule has 0 aromatic heterocycles. The highest BCUT2D eigenvalue weighted by Gasteiger charge is 2.37. The third-order valence-corrected chi connectivity index (χ3v) is 7.93. The van der Waals surface area contributed by atoms with Crippen LogP contribution in [0.25, 0.3) is 0 Å². The molecule has 1 N–H and O–H groups in total. The van der Waals surface area contributed by atoms with E-state index in [0.29, 0.717) is 17.9 Å². The molecule has 0 spiro atoms. The van der Waals surface area contributed by atoms with Crippen molar-refractivity contribution in [1.82, 2.24) is 0 Å². The predicted molar refractivity (Wildman–Crippen MR) is 132 cm³/mol. The van der Waals surface area contributed by atoms with Crippen LogP contribution in [0.5, 0.6) is 5.75 Å². The zero-order chi connectivity index (χ0) is 23.3. The van der Waals surface area contributed by atoms with Gasteiger partial charge in [-0.25, -0.2) is 4.79 Å². The maximum atomic E-state index is 13.5. The lowest BCUT2D eigenvalue weighted by Crippen LogP contribution is -2.34. The van der Waals surface area contributed by atoms with Gasteiger partial charge in [-0.05, 0) is 42.9 Å². The van der Waals surface area contributed by atoms with Crippen LogP contribution >= 0.6 is 23.5 Å². The van der Waals surface area contributed by atoms with Crippen LogP contribution in [-0.2, 0) is 4.79 Å². The summed E-state index contributed by atoms with van der Waals surface area (Å²) in [5.74, 6) is -2.05. The van der Waals surface area contributed by atoms with Gasteiger partial charge in [-0.15, -0.1) is 23.5 Å². The van der Waals surface area contributed by atoms with Crippen LogP contribution in [0.1, 0.15) is 40.0 Å². The summed E-state index contributed by atoms with van der Waals surface area (Å²) in [5, 5.41) is 8.81. The van der Waals surface area contributed by atoms with Gasteiger partial charge in [0.1, 0.15) is 12.0 Å². The van der Waals surface area contributed by atoms with Gasteiger partial charge < -0.3 is 14.7 Å². The van der Waals surface area contributed by atoms with E-state index in [2.05, 4.69) is 43.9 Å². The summed E-state index contributed by atoms with van der Waals surface area (Å²) in [6.07, 6.45) is 6.06. The van der Waals surface area contributed by atoms with E-state index in [1.165, 1.54) is 18.2 Å². The fraction of sp³-hybridized carbons (Fsp3) is 0.400. The van der Waals surface area contributed by atoms with Crippen molar-refractivity contribution in [3.63, 3.8) is 0 Å². The molecule has 0 saturated heterocycles. The van der Waals surface area contributed by atoms with Crippen LogP contribution in [0.15, 0.2) is 64.3 Å². The highest BCUT2D eigenvalue weighted by atomic mass is 32.2. The Labute approximate surface area is 198 Å². The summed E-state index contributed by atoms with van der Waals surface area (Å²) < 4.78 is 19.0. The normalized spacial score (nSPS) is 18.1. The number of anilines is 2. The van der Waals surface area contributed by atoms with E-state index in [-0.39, 0.29) is 4.75 Å². The first-order valence-corrected chi connectivity index (χ1v) is 12.8. The molecule has 7 heteroatoms. The van der Waals surface area contributed by atoms with E-state index < -0.39 is 11.8 Å². The number of unbranched alkanes of at least 4 members (excludes halogenated alkanes) is 1. The number of rotatable bonds is 8. The maximum absolute atomic E-state index is 13.5. The minimum atomic E-state index is -1.64. The summed E-state index contributed by atoms with van der Waals surface area (Å²) in [7, 11) is 0. The molecule has 1 atom stereocenters. The molecule has 4 nitrogen and oxygen atoms in total. The van der Waals surface area contributed by atoms with Crippen molar-refractivity contribution in [2.45, 2.75) is 54.6 Å². The number of nitrogens with zero attached hydrogens (tertiary/aromatic N) is 1. The first-order valence-electron chi connectivity index (χ1n) is 10.8. The number of hydrogen-bond acceptors (Lipinski definition) is 5. The quantitative estimate of drug-likeness (QED) is 0.242. The van der Waals surface area contributed by atoms with Crippen molar-refractivity contribution in [2.24, 2.45) is 5.92 Å². The fourth-order valence-corrected chi connectivity index (χ4v) is 5.79. The summed E-state index contributed by atoms with van der Waals surface area (Å²) >= 11 is 3.29. The molecule has 1 heterocycles. The average molecular weight is 476 g/mol. The average Bonchev–Trinajstić information content (AvgIpc) is 2.88. The lowest BCUT2D eigenvalue weighted by atomic mass is 9.89. The largest absolute Gasteiger partial charge is 0.476 e. The molecule has 0 amide bonds. The van der Waals surface area contributed by atoms with Crippen LogP contribution in [0.3, 0.4) is 0 Å². The van der Waals surface area contributed by atoms with Crippen molar-refractivity contribution in [1.29, 1.82) is 0 Å². The van der Waals surface area contributed by atoms with E-state index in [0.717, 1.165) is 40.6 Å². The Morgan fingerprint density at radius 1 is 1.34 bits per heavy atom. The van der Waals surface area contributed by atoms with Crippen LogP contribution < -0.4 is 9.64 Å². The number of carbonyl (C=O) groups is 1. The molecule has 172 valence electrons. The SMILES string of the molecule is CCCCC1CN(c2ccccc2)c2cc(SC)c(O/C=C(\F)C(=O)O)cc2SC1(C)C. The molecule has 3 rings (SSSR count). The second-order valence-corrected chi connectivity index (χ2v) is 10.9. The second-order valence-electron chi connectivity index (χ2n) is 8.35. The minimum Gasteiger partial charge on any atom is -0.476 e. The Kier molecular flexibility index (Phi) is 8.17. The summed E-state index contributed by atoms with van der Waals surface area (Å²) in [6, 6.07) is 14.3. The number of carboxylic acid groups (broad SMARTS) is 1. The maximum Gasteiger partial charge on any atom is 0.368 e. The number of para-hydroxylation sites is 1. The molecule has 0 bridgehead atoms. The van der Waals surface area contributed by atoms with E-state index in [4.69, 9.17) is 9.84 Å². The van der Waals surface area contributed by atoms with Gasteiger partial charge in [0.2, 0.25) is 5.83 Å².